The monoisotopic (exact) mass is 393 g/mol. The Kier molecular flexibility index (Phi) is 5.03. The average Bonchev–Trinajstić information content (AvgIpc) is 2.65. The third-order valence-corrected chi connectivity index (χ3v) is 6.11. The van der Waals surface area contributed by atoms with Crippen LogP contribution in [-0.2, 0) is 11.2 Å². The molecule has 5 nitrogen and oxygen atoms in total. The van der Waals surface area contributed by atoms with Crippen molar-refractivity contribution in [1.82, 2.24) is 0 Å². The van der Waals surface area contributed by atoms with Gasteiger partial charge in [0.1, 0.15) is 0 Å². The number of nitrogens with zero attached hydrogens (tertiary/aromatic N) is 1. The van der Waals surface area contributed by atoms with Gasteiger partial charge in [-0.1, -0.05) is 26.0 Å². The Bertz CT molecular complexity index is 914. The predicted octanol–water partition coefficient (Wildman–Crippen LogP) is 4.13. The van der Waals surface area contributed by atoms with E-state index in [1.165, 1.54) is 11.3 Å². The van der Waals surface area contributed by atoms with Crippen molar-refractivity contribution in [3.05, 3.63) is 59.2 Å². The Morgan fingerprint density at radius 2 is 1.86 bits per heavy atom. The van der Waals surface area contributed by atoms with E-state index in [1.54, 1.807) is 6.07 Å². The molecule has 3 unspecified atom stereocenters. The lowest BCUT2D eigenvalue weighted by Gasteiger charge is -2.42. The van der Waals surface area contributed by atoms with Crippen LogP contribution in [0.25, 0.3) is 0 Å². The lowest BCUT2D eigenvalue weighted by atomic mass is 9.72. The van der Waals surface area contributed by atoms with Gasteiger partial charge in [-0.25, -0.2) is 0 Å². The molecule has 2 aliphatic rings. The molecule has 1 saturated heterocycles. The van der Waals surface area contributed by atoms with Crippen LogP contribution in [0, 0.1) is 5.41 Å². The van der Waals surface area contributed by atoms with E-state index in [0.29, 0.717) is 5.56 Å². The molecule has 2 heterocycles. The van der Waals surface area contributed by atoms with Gasteiger partial charge in [-0.05, 0) is 67.1 Å². The maximum absolute atomic E-state index is 11.6. The van der Waals surface area contributed by atoms with Gasteiger partial charge < -0.3 is 20.7 Å². The molecule has 2 aliphatic heterocycles. The molecular weight excluding hydrogens is 362 g/mol. The summed E-state index contributed by atoms with van der Waals surface area (Å²) in [6.45, 7) is 10.6. The largest absolute Gasteiger partial charge is 0.377 e. The van der Waals surface area contributed by atoms with E-state index in [4.69, 9.17) is 10.5 Å². The minimum Gasteiger partial charge on any atom is -0.377 e. The molecule has 0 aromatic heterocycles. The second-order valence-corrected chi connectivity index (χ2v) is 9.24. The Morgan fingerprint density at radius 1 is 1.14 bits per heavy atom. The average molecular weight is 394 g/mol. The zero-order chi connectivity index (χ0) is 20.8. The van der Waals surface area contributed by atoms with Gasteiger partial charge in [0.25, 0.3) is 0 Å². The molecule has 4 rings (SSSR count). The van der Waals surface area contributed by atoms with Gasteiger partial charge in [-0.15, -0.1) is 0 Å². The second kappa shape index (κ2) is 7.38. The second-order valence-electron chi connectivity index (χ2n) is 9.24. The number of morpholine rings is 1. The molecule has 29 heavy (non-hydrogen) atoms. The summed E-state index contributed by atoms with van der Waals surface area (Å²) in [5.41, 5.74) is 10.8. The number of rotatable bonds is 3. The van der Waals surface area contributed by atoms with Crippen molar-refractivity contribution in [2.24, 2.45) is 11.1 Å². The molecule has 154 valence electrons. The van der Waals surface area contributed by atoms with Crippen LogP contribution in [0.15, 0.2) is 42.5 Å². The lowest BCUT2D eigenvalue weighted by molar-refractivity contribution is -0.00522. The number of nitrogens with two attached hydrogens (primary N) is 1. The maximum Gasteiger partial charge on any atom is 0.248 e. The number of carbonyl (C=O) groups excluding carboxylic acids is 1. The SMILES string of the molecule is CC1CN(c2cccc(C3Nc4ccc(C(N)=O)cc4CC3(C)C)c2)CC(C)O1. The van der Waals surface area contributed by atoms with Crippen LogP contribution in [-0.4, -0.2) is 31.2 Å². The minimum absolute atomic E-state index is 0.00646. The first-order valence-corrected chi connectivity index (χ1v) is 10.4. The standard InChI is InChI=1S/C24H31N3O2/c1-15-13-27(14-16(2)29-15)20-7-5-6-17(11-20)22-24(3,4)12-19-10-18(23(25)28)8-9-21(19)26-22/h5-11,15-16,22,26H,12-14H2,1-4H3,(H2,25,28). The highest BCUT2D eigenvalue weighted by Crippen LogP contribution is 2.45. The highest BCUT2D eigenvalue weighted by Gasteiger charge is 2.36. The zero-order valence-corrected chi connectivity index (χ0v) is 17.7. The van der Waals surface area contributed by atoms with Crippen molar-refractivity contribution >= 4 is 17.3 Å². The topological polar surface area (TPSA) is 67.6 Å². The molecular formula is C24H31N3O2. The first-order chi connectivity index (χ1) is 13.7. The highest BCUT2D eigenvalue weighted by atomic mass is 16.5. The van der Waals surface area contributed by atoms with Crippen LogP contribution in [0.4, 0.5) is 11.4 Å². The highest BCUT2D eigenvalue weighted by molar-refractivity contribution is 5.93. The van der Waals surface area contributed by atoms with Gasteiger partial charge in [-0.3, -0.25) is 4.79 Å². The molecule has 0 radical (unpaired) electrons. The molecule has 1 amide bonds. The predicted molar refractivity (Wildman–Crippen MR) is 117 cm³/mol. The number of carbonyl (C=O) groups is 1. The number of anilines is 2. The van der Waals surface area contributed by atoms with Crippen molar-refractivity contribution in [2.75, 3.05) is 23.3 Å². The van der Waals surface area contributed by atoms with E-state index in [2.05, 4.69) is 62.2 Å². The number of benzene rings is 2. The Balaban J connectivity index is 1.63. The van der Waals surface area contributed by atoms with Gasteiger partial charge in [0.05, 0.1) is 18.2 Å². The van der Waals surface area contributed by atoms with E-state index in [9.17, 15) is 4.79 Å². The fourth-order valence-corrected chi connectivity index (χ4v) is 4.80. The van der Waals surface area contributed by atoms with E-state index in [-0.39, 0.29) is 29.6 Å². The van der Waals surface area contributed by atoms with Crippen LogP contribution in [0.3, 0.4) is 0 Å². The van der Waals surface area contributed by atoms with Crippen molar-refractivity contribution in [2.45, 2.75) is 52.4 Å². The first-order valence-electron chi connectivity index (χ1n) is 10.4. The quantitative estimate of drug-likeness (QED) is 0.823. The fourth-order valence-electron chi connectivity index (χ4n) is 4.80. The molecule has 0 aliphatic carbocycles. The van der Waals surface area contributed by atoms with E-state index >= 15 is 0 Å². The Hall–Kier alpha value is -2.53. The number of amides is 1. The number of hydrogen-bond acceptors (Lipinski definition) is 4. The summed E-state index contributed by atoms with van der Waals surface area (Å²) in [5, 5.41) is 3.72. The number of fused-ring (bicyclic) bond motifs is 1. The van der Waals surface area contributed by atoms with Gasteiger partial charge in [0, 0.05) is 30.0 Å². The molecule has 2 aromatic carbocycles. The Morgan fingerprint density at radius 3 is 2.55 bits per heavy atom. The summed E-state index contributed by atoms with van der Waals surface area (Å²) in [6, 6.07) is 14.8. The lowest BCUT2D eigenvalue weighted by Crippen LogP contribution is -2.45. The number of hydrogen-bond donors (Lipinski definition) is 2. The van der Waals surface area contributed by atoms with Crippen LogP contribution in [0.2, 0.25) is 0 Å². The number of nitrogens with one attached hydrogen (secondary N) is 1. The normalized spacial score (nSPS) is 25.8. The fraction of sp³-hybridized carbons (Fsp3) is 0.458. The van der Waals surface area contributed by atoms with Crippen molar-refractivity contribution in [3.63, 3.8) is 0 Å². The smallest absolute Gasteiger partial charge is 0.248 e. The first kappa shape index (κ1) is 19.8. The molecule has 0 bridgehead atoms. The summed E-state index contributed by atoms with van der Waals surface area (Å²) in [6.07, 6.45) is 1.35. The van der Waals surface area contributed by atoms with Gasteiger partial charge in [-0.2, -0.15) is 0 Å². The van der Waals surface area contributed by atoms with Crippen LogP contribution in [0.5, 0.6) is 0 Å². The third-order valence-electron chi connectivity index (χ3n) is 6.11. The molecule has 3 atom stereocenters. The molecule has 3 N–H and O–H groups in total. The summed E-state index contributed by atoms with van der Waals surface area (Å²) >= 11 is 0. The summed E-state index contributed by atoms with van der Waals surface area (Å²) in [7, 11) is 0. The molecule has 1 fully saturated rings. The van der Waals surface area contributed by atoms with Crippen LogP contribution in [0.1, 0.15) is 55.2 Å². The molecule has 5 heteroatoms. The summed E-state index contributed by atoms with van der Waals surface area (Å²) in [5.74, 6) is -0.380. The van der Waals surface area contributed by atoms with Crippen LogP contribution < -0.4 is 16.0 Å². The van der Waals surface area contributed by atoms with Crippen molar-refractivity contribution in [1.29, 1.82) is 0 Å². The number of ether oxygens (including phenoxy) is 1. The maximum atomic E-state index is 11.6. The Labute approximate surface area is 173 Å². The third kappa shape index (κ3) is 3.97. The minimum atomic E-state index is -0.380. The van der Waals surface area contributed by atoms with Gasteiger partial charge in [0.2, 0.25) is 5.91 Å². The van der Waals surface area contributed by atoms with E-state index in [1.807, 2.05) is 12.1 Å². The summed E-state index contributed by atoms with van der Waals surface area (Å²) in [4.78, 5) is 14.0. The zero-order valence-electron chi connectivity index (χ0n) is 17.7. The van der Waals surface area contributed by atoms with E-state index < -0.39 is 0 Å². The summed E-state index contributed by atoms with van der Waals surface area (Å²) < 4.78 is 5.90. The number of primary amides is 1. The van der Waals surface area contributed by atoms with E-state index in [0.717, 1.165) is 30.8 Å². The van der Waals surface area contributed by atoms with Gasteiger partial charge in [0.15, 0.2) is 0 Å². The molecule has 0 saturated carbocycles. The van der Waals surface area contributed by atoms with Crippen LogP contribution >= 0.6 is 0 Å². The van der Waals surface area contributed by atoms with Gasteiger partial charge >= 0.3 is 0 Å². The molecule has 0 spiro atoms. The van der Waals surface area contributed by atoms with Crippen molar-refractivity contribution < 1.29 is 9.53 Å². The molecule has 2 aromatic rings. The van der Waals surface area contributed by atoms with Crippen molar-refractivity contribution in [3.8, 4) is 0 Å².